The third-order valence-corrected chi connectivity index (χ3v) is 11.0. The molecule has 5 nitrogen and oxygen atoms in total. The molecule has 3 aromatic rings. The van der Waals surface area contributed by atoms with Gasteiger partial charge in [-0.2, -0.15) is 0 Å². The lowest BCUT2D eigenvalue weighted by Crippen LogP contribution is -2.29. The molecule has 204 valence electrons. The van der Waals surface area contributed by atoms with Crippen LogP contribution in [0.25, 0.3) is 21.6 Å². The van der Waals surface area contributed by atoms with Crippen molar-refractivity contribution in [2.45, 2.75) is 32.9 Å². The number of rotatable bonds is 6. The number of hydrogen-bond acceptors (Lipinski definition) is 8. The van der Waals surface area contributed by atoms with Gasteiger partial charge in [0.05, 0.1) is 4.88 Å². The summed E-state index contributed by atoms with van der Waals surface area (Å²) in [5, 5.41) is 11.6. The topological polar surface area (TPSA) is 33.2 Å². The number of aromatic hydroxyl groups is 1. The van der Waals surface area contributed by atoms with E-state index in [4.69, 9.17) is 12.2 Å². The molecule has 1 aromatic heterocycles. The highest BCUT2D eigenvalue weighted by molar-refractivity contribution is 7.80. The van der Waals surface area contributed by atoms with Gasteiger partial charge in [0.2, 0.25) is 0 Å². The van der Waals surface area contributed by atoms with Crippen molar-refractivity contribution >= 4 is 32.9 Å². The lowest BCUT2D eigenvalue weighted by atomic mass is 9.98. The first kappa shape index (κ1) is 27.9. The zero-order valence-corrected chi connectivity index (χ0v) is 25.4. The Labute approximate surface area is 240 Å². The fourth-order valence-electron chi connectivity index (χ4n) is 5.55. The van der Waals surface area contributed by atoms with Gasteiger partial charge in [0, 0.05) is 56.0 Å². The molecule has 0 aliphatic carbocycles. The van der Waals surface area contributed by atoms with E-state index < -0.39 is 0 Å². The molecule has 3 heterocycles. The molecular formula is C30H40N4OS3. The van der Waals surface area contributed by atoms with Crippen LogP contribution in [0.4, 0.5) is 0 Å². The predicted octanol–water partition coefficient (Wildman–Crippen LogP) is 6.16. The summed E-state index contributed by atoms with van der Waals surface area (Å²) in [6, 6.07) is 13.2. The first-order valence-electron chi connectivity index (χ1n) is 13.7. The van der Waals surface area contributed by atoms with Crippen molar-refractivity contribution in [3.8, 4) is 27.3 Å². The van der Waals surface area contributed by atoms with Crippen LogP contribution in [0.15, 0.2) is 36.4 Å². The zero-order valence-electron chi connectivity index (χ0n) is 22.9. The summed E-state index contributed by atoms with van der Waals surface area (Å²) in [5.41, 5.74) is 6.84. The van der Waals surface area contributed by atoms with Gasteiger partial charge >= 0.3 is 0 Å². The number of nitrogens with zero attached hydrogens (tertiary/aromatic N) is 4. The molecule has 8 heteroatoms. The maximum Gasteiger partial charge on any atom is 0.124 e. The standard InChI is InChI=1S/C30H40N4OS3/c1-22-6-8-23(9-7-22)27-29(37-38-30(27)36)24-18-25(20-33-12-4-10-31(2)14-16-33)28(35)26(19-24)21-34-13-5-11-32(3)15-17-34/h6-9,18-19,35H,4-5,10-17,20-21H2,1-3H3. The highest BCUT2D eigenvalue weighted by Crippen LogP contribution is 2.43. The molecule has 0 radical (unpaired) electrons. The number of likely N-dealkylation sites (N-methyl/N-ethyl adjacent to an activating group) is 2. The van der Waals surface area contributed by atoms with E-state index >= 15 is 0 Å². The normalized spacial score (nSPS) is 18.9. The number of phenols is 1. The molecule has 0 unspecified atom stereocenters. The first-order chi connectivity index (χ1) is 18.4. The molecular weight excluding hydrogens is 529 g/mol. The van der Waals surface area contributed by atoms with Crippen LogP contribution < -0.4 is 0 Å². The van der Waals surface area contributed by atoms with Crippen LogP contribution in [-0.4, -0.2) is 91.2 Å². The molecule has 0 spiro atoms. The second kappa shape index (κ2) is 12.7. The van der Waals surface area contributed by atoms with E-state index in [9.17, 15) is 5.11 Å². The third-order valence-electron chi connectivity index (χ3n) is 7.91. The van der Waals surface area contributed by atoms with Gasteiger partial charge in [0.15, 0.2) is 0 Å². The minimum absolute atomic E-state index is 0.472. The summed E-state index contributed by atoms with van der Waals surface area (Å²) in [4.78, 5) is 11.0. The Morgan fingerprint density at radius 3 is 1.84 bits per heavy atom. The summed E-state index contributed by atoms with van der Waals surface area (Å²) in [6.07, 6.45) is 2.32. The highest BCUT2D eigenvalue weighted by Gasteiger charge is 2.22. The average Bonchev–Trinajstić information content (AvgIpc) is 3.02. The lowest BCUT2D eigenvalue weighted by molar-refractivity contribution is 0.259. The Bertz CT molecular complexity index is 1240. The average molecular weight is 569 g/mol. The van der Waals surface area contributed by atoms with Crippen molar-refractivity contribution in [2.24, 2.45) is 0 Å². The van der Waals surface area contributed by atoms with Crippen LogP contribution in [0.3, 0.4) is 0 Å². The monoisotopic (exact) mass is 568 g/mol. The van der Waals surface area contributed by atoms with Crippen LogP contribution in [0.1, 0.15) is 29.5 Å². The van der Waals surface area contributed by atoms with Gasteiger partial charge in [0.1, 0.15) is 9.57 Å². The van der Waals surface area contributed by atoms with Crippen LogP contribution >= 0.6 is 32.9 Å². The lowest BCUT2D eigenvalue weighted by Gasteiger charge is -2.24. The Hall–Kier alpha value is -1.65. The molecule has 2 aliphatic heterocycles. The fraction of sp³-hybridized carbons (Fsp3) is 0.500. The van der Waals surface area contributed by atoms with E-state index in [0.29, 0.717) is 5.75 Å². The van der Waals surface area contributed by atoms with E-state index in [1.807, 2.05) is 0 Å². The minimum Gasteiger partial charge on any atom is -0.507 e. The molecule has 2 fully saturated rings. The van der Waals surface area contributed by atoms with E-state index in [0.717, 1.165) is 98.8 Å². The molecule has 1 N–H and O–H groups in total. The molecule has 0 bridgehead atoms. The molecule has 2 aliphatic rings. The van der Waals surface area contributed by atoms with Crippen molar-refractivity contribution in [3.05, 3.63) is 56.9 Å². The number of hydrogen-bond donors (Lipinski definition) is 1. The Balaban J connectivity index is 1.53. The predicted molar refractivity (Wildman–Crippen MR) is 165 cm³/mol. The quantitative estimate of drug-likeness (QED) is 0.283. The highest BCUT2D eigenvalue weighted by atomic mass is 32.9. The van der Waals surface area contributed by atoms with Gasteiger partial charge in [-0.05, 0) is 83.3 Å². The van der Waals surface area contributed by atoms with Gasteiger partial charge in [-0.3, -0.25) is 9.80 Å². The molecule has 0 amide bonds. The second-order valence-corrected chi connectivity index (χ2v) is 13.8. The SMILES string of the molecule is Cc1ccc(-c2c(-c3cc(CN4CCCN(C)CC4)c(O)c(CN4CCCN(C)CC4)c3)ssc2=S)cc1. The molecule has 5 rings (SSSR count). The van der Waals surface area contributed by atoms with Crippen molar-refractivity contribution in [3.63, 3.8) is 0 Å². The van der Waals surface area contributed by atoms with Crippen LogP contribution in [0, 0.1) is 10.7 Å². The minimum atomic E-state index is 0.472. The van der Waals surface area contributed by atoms with Gasteiger partial charge in [0.25, 0.3) is 0 Å². The Morgan fingerprint density at radius 2 is 1.29 bits per heavy atom. The molecule has 38 heavy (non-hydrogen) atoms. The Morgan fingerprint density at radius 1 is 0.737 bits per heavy atom. The van der Waals surface area contributed by atoms with Crippen LogP contribution in [0.5, 0.6) is 5.75 Å². The summed E-state index contributed by atoms with van der Waals surface area (Å²) in [6.45, 7) is 12.3. The summed E-state index contributed by atoms with van der Waals surface area (Å²) in [5.74, 6) is 0.472. The number of aryl methyl sites for hydroxylation is 1. The zero-order chi connectivity index (χ0) is 26.6. The van der Waals surface area contributed by atoms with Crippen molar-refractivity contribution in [1.82, 2.24) is 19.6 Å². The van der Waals surface area contributed by atoms with Gasteiger partial charge in [-0.25, -0.2) is 0 Å². The molecule has 0 saturated carbocycles. The third kappa shape index (κ3) is 6.73. The summed E-state index contributed by atoms with van der Waals surface area (Å²) < 4.78 is 0.941. The van der Waals surface area contributed by atoms with Crippen molar-refractivity contribution in [1.29, 1.82) is 0 Å². The van der Waals surface area contributed by atoms with Gasteiger partial charge in [-0.1, -0.05) is 62.7 Å². The smallest absolute Gasteiger partial charge is 0.124 e. The summed E-state index contributed by atoms with van der Waals surface area (Å²) in [7, 11) is 7.85. The molecule has 2 aromatic carbocycles. The van der Waals surface area contributed by atoms with E-state index in [2.05, 4.69) is 77.0 Å². The van der Waals surface area contributed by atoms with Crippen LogP contribution in [-0.2, 0) is 13.1 Å². The maximum atomic E-state index is 11.6. The fourth-order valence-corrected chi connectivity index (χ4v) is 8.45. The van der Waals surface area contributed by atoms with Gasteiger partial charge in [-0.15, -0.1) is 0 Å². The van der Waals surface area contributed by atoms with Crippen molar-refractivity contribution in [2.75, 3.05) is 66.5 Å². The summed E-state index contributed by atoms with van der Waals surface area (Å²) >= 11 is 5.85. The van der Waals surface area contributed by atoms with E-state index in [1.165, 1.54) is 21.6 Å². The van der Waals surface area contributed by atoms with Crippen LogP contribution in [0.2, 0.25) is 0 Å². The number of phenolic OH excluding ortho intramolecular Hbond substituents is 1. The van der Waals surface area contributed by atoms with E-state index in [1.54, 1.807) is 20.7 Å². The van der Waals surface area contributed by atoms with E-state index in [-0.39, 0.29) is 0 Å². The molecule has 0 atom stereocenters. The first-order valence-corrected chi connectivity index (χ1v) is 16.3. The van der Waals surface area contributed by atoms with Gasteiger partial charge < -0.3 is 14.9 Å². The number of benzene rings is 2. The second-order valence-electron chi connectivity index (χ2n) is 11.0. The molecule has 2 saturated heterocycles. The maximum absolute atomic E-state index is 11.6. The Kier molecular flexibility index (Phi) is 9.31. The largest absolute Gasteiger partial charge is 0.507 e. The van der Waals surface area contributed by atoms with Crippen molar-refractivity contribution < 1.29 is 5.11 Å².